The minimum absolute atomic E-state index is 0.186. The highest BCUT2D eigenvalue weighted by Crippen LogP contribution is 2.32. The van der Waals surface area contributed by atoms with Crippen molar-refractivity contribution < 1.29 is 18.7 Å². The summed E-state index contributed by atoms with van der Waals surface area (Å²) in [6, 6.07) is 16.3. The SMILES string of the molecule is O=C(NCc1ccc2c(c1)OCO2)c1cccc(-c2nc3ncccc3o2)c1. The minimum Gasteiger partial charge on any atom is -0.454 e. The predicted octanol–water partition coefficient (Wildman–Crippen LogP) is 3.55. The molecule has 2 aromatic carbocycles. The molecule has 4 aromatic rings. The molecule has 0 saturated carbocycles. The van der Waals surface area contributed by atoms with Gasteiger partial charge in [-0.2, -0.15) is 4.98 Å². The van der Waals surface area contributed by atoms with Crippen LogP contribution in [0.15, 0.2) is 65.2 Å². The van der Waals surface area contributed by atoms with E-state index < -0.39 is 0 Å². The Labute approximate surface area is 159 Å². The maximum atomic E-state index is 12.6. The van der Waals surface area contributed by atoms with E-state index in [1.807, 2.05) is 24.3 Å². The molecule has 0 atom stereocenters. The predicted molar refractivity (Wildman–Crippen MR) is 101 cm³/mol. The van der Waals surface area contributed by atoms with E-state index in [2.05, 4.69) is 15.3 Å². The first-order valence-corrected chi connectivity index (χ1v) is 8.75. The molecule has 28 heavy (non-hydrogen) atoms. The van der Waals surface area contributed by atoms with Crippen LogP contribution < -0.4 is 14.8 Å². The maximum absolute atomic E-state index is 12.6. The first-order valence-electron chi connectivity index (χ1n) is 8.75. The van der Waals surface area contributed by atoms with E-state index in [0.29, 0.717) is 40.5 Å². The van der Waals surface area contributed by atoms with E-state index in [9.17, 15) is 4.79 Å². The van der Waals surface area contributed by atoms with Crippen molar-refractivity contribution in [2.45, 2.75) is 6.54 Å². The molecule has 1 aliphatic rings. The quantitative estimate of drug-likeness (QED) is 0.589. The van der Waals surface area contributed by atoms with Crippen molar-refractivity contribution in [3.8, 4) is 23.0 Å². The van der Waals surface area contributed by atoms with Crippen LogP contribution in [0.2, 0.25) is 0 Å². The normalized spacial score (nSPS) is 12.3. The van der Waals surface area contributed by atoms with Crippen molar-refractivity contribution in [2.75, 3.05) is 6.79 Å². The van der Waals surface area contributed by atoms with Gasteiger partial charge in [0.05, 0.1) is 0 Å². The van der Waals surface area contributed by atoms with Crippen LogP contribution in [0.1, 0.15) is 15.9 Å². The third-order valence-corrected chi connectivity index (χ3v) is 4.43. The molecular formula is C21H15N3O4. The van der Waals surface area contributed by atoms with Crippen LogP contribution in [0.3, 0.4) is 0 Å². The van der Waals surface area contributed by atoms with Crippen LogP contribution >= 0.6 is 0 Å². The van der Waals surface area contributed by atoms with Crippen molar-refractivity contribution in [3.05, 3.63) is 71.9 Å². The zero-order chi connectivity index (χ0) is 18.9. The van der Waals surface area contributed by atoms with Gasteiger partial charge in [-0.05, 0) is 48.0 Å². The second-order valence-electron chi connectivity index (χ2n) is 6.30. The number of ether oxygens (including phenoxy) is 2. The standard InChI is InChI=1S/C21H15N3O4/c25-20(23-11-13-6-7-16-18(9-13)27-12-26-16)14-3-1-4-15(10-14)21-24-19-17(28-21)5-2-8-22-19/h1-10H,11-12H2,(H,23,25). The van der Waals surface area contributed by atoms with Crippen LogP contribution in [0.25, 0.3) is 22.7 Å². The van der Waals surface area contributed by atoms with E-state index >= 15 is 0 Å². The Balaban J connectivity index is 1.33. The van der Waals surface area contributed by atoms with Crippen LogP contribution in [0.4, 0.5) is 0 Å². The number of carbonyl (C=O) groups excluding carboxylic acids is 1. The van der Waals surface area contributed by atoms with E-state index in [1.165, 1.54) is 0 Å². The number of oxazole rings is 1. The number of amides is 1. The first-order chi connectivity index (χ1) is 13.8. The third kappa shape index (κ3) is 3.03. The fourth-order valence-corrected chi connectivity index (χ4v) is 3.02. The smallest absolute Gasteiger partial charge is 0.251 e. The van der Waals surface area contributed by atoms with Gasteiger partial charge in [-0.3, -0.25) is 4.79 Å². The first kappa shape index (κ1) is 16.3. The summed E-state index contributed by atoms with van der Waals surface area (Å²) >= 11 is 0. The second kappa shape index (κ2) is 6.70. The molecule has 1 aliphatic heterocycles. The highest BCUT2D eigenvalue weighted by Gasteiger charge is 2.15. The van der Waals surface area contributed by atoms with Gasteiger partial charge in [-0.25, -0.2) is 4.98 Å². The number of aromatic nitrogens is 2. The zero-order valence-corrected chi connectivity index (χ0v) is 14.7. The summed E-state index contributed by atoms with van der Waals surface area (Å²) in [6.45, 7) is 0.607. The minimum atomic E-state index is -0.186. The summed E-state index contributed by atoms with van der Waals surface area (Å²) in [5, 5.41) is 2.91. The van der Waals surface area contributed by atoms with Gasteiger partial charge >= 0.3 is 0 Å². The number of rotatable bonds is 4. The van der Waals surface area contributed by atoms with Gasteiger partial charge in [0, 0.05) is 23.9 Å². The maximum Gasteiger partial charge on any atom is 0.251 e. The molecule has 0 unspecified atom stereocenters. The molecule has 7 nitrogen and oxygen atoms in total. The Bertz CT molecular complexity index is 1150. The average Bonchev–Trinajstić information content (AvgIpc) is 3.38. The summed E-state index contributed by atoms with van der Waals surface area (Å²) in [6.07, 6.45) is 1.66. The number of pyridine rings is 1. The van der Waals surface area contributed by atoms with Crippen molar-refractivity contribution in [1.29, 1.82) is 0 Å². The lowest BCUT2D eigenvalue weighted by Crippen LogP contribution is -2.22. The molecule has 0 saturated heterocycles. The summed E-state index contributed by atoms with van der Waals surface area (Å²) in [5.41, 5.74) is 3.31. The topological polar surface area (TPSA) is 86.5 Å². The van der Waals surface area contributed by atoms with Crippen molar-refractivity contribution in [3.63, 3.8) is 0 Å². The second-order valence-corrected chi connectivity index (χ2v) is 6.30. The third-order valence-electron chi connectivity index (χ3n) is 4.43. The van der Waals surface area contributed by atoms with Gasteiger partial charge in [0.15, 0.2) is 22.7 Å². The molecule has 1 amide bonds. The number of nitrogens with zero attached hydrogens (tertiary/aromatic N) is 2. The van der Waals surface area contributed by atoms with Gasteiger partial charge in [0.2, 0.25) is 12.7 Å². The lowest BCUT2D eigenvalue weighted by atomic mass is 10.1. The Kier molecular flexibility index (Phi) is 3.90. The summed E-state index contributed by atoms with van der Waals surface area (Å²) < 4.78 is 16.4. The summed E-state index contributed by atoms with van der Waals surface area (Å²) in [4.78, 5) is 21.1. The Morgan fingerprint density at radius 2 is 1.96 bits per heavy atom. The molecule has 0 aliphatic carbocycles. The molecule has 138 valence electrons. The molecule has 5 rings (SSSR count). The lowest BCUT2D eigenvalue weighted by molar-refractivity contribution is 0.0951. The van der Waals surface area contributed by atoms with Gasteiger partial charge in [-0.15, -0.1) is 0 Å². The Hall–Kier alpha value is -3.87. The van der Waals surface area contributed by atoms with Crippen molar-refractivity contribution in [2.24, 2.45) is 0 Å². The summed E-state index contributed by atoms with van der Waals surface area (Å²) in [5.74, 6) is 1.65. The van der Waals surface area contributed by atoms with E-state index in [4.69, 9.17) is 13.9 Å². The molecule has 7 heteroatoms. The van der Waals surface area contributed by atoms with E-state index in [0.717, 1.165) is 11.3 Å². The van der Waals surface area contributed by atoms with Crippen molar-refractivity contribution >= 4 is 17.1 Å². The largest absolute Gasteiger partial charge is 0.454 e. The van der Waals surface area contributed by atoms with Crippen LogP contribution in [-0.4, -0.2) is 22.7 Å². The number of nitrogens with one attached hydrogen (secondary N) is 1. The highest BCUT2D eigenvalue weighted by molar-refractivity contribution is 5.95. The number of benzene rings is 2. The fraction of sp³-hybridized carbons (Fsp3) is 0.0952. The zero-order valence-electron chi connectivity index (χ0n) is 14.7. The molecular weight excluding hydrogens is 358 g/mol. The lowest BCUT2D eigenvalue weighted by Gasteiger charge is -2.07. The highest BCUT2D eigenvalue weighted by atomic mass is 16.7. The molecule has 2 aromatic heterocycles. The number of hydrogen-bond donors (Lipinski definition) is 1. The molecule has 0 radical (unpaired) electrons. The fourth-order valence-electron chi connectivity index (χ4n) is 3.02. The average molecular weight is 373 g/mol. The molecule has 0 fully saturated rings. The molecule has 3 heterocycles. The number of carbonyl (C=O) groups is 1. The number of hydrogen-bond acceptors (Lipinski definition) is 6. The van der Waals surface area contributed by atoms with Crippen LogP contribution in [0, 0.1) is 0 Å². The van der Waals surface area contributed by atoms with Gasteiger partial charge in [0.25, 0.3) is 5.91 Å². The van der Waals surface area contributed by atoms with Gasteiger partial charge < -0.3 is 19.2 Å². The van der Waals surface area contributed by atoms with E-state index in [1.54, 1.807) is 36.5 Å². The van der Waals surface area contributed by atoms with Crippen LogP contribution in [0.5, 0.6) is 11.5 Å². The molecule has 0 spiro atoms. The summed E-state index contributed by atoms with van der Waals surface area (Å²) in [7, 11) is 0. The van der Waals surface area contributed by atoms with Gasteiger partial charge in [-0.1, -0.05) is 12.1 Å². The van der Waals surface area contributed by atoms with Crippen molar-refractivity contribution in [1.82, 2.24) is 15.3 Å². The molecule has 0 bridgehead atoms. The van der Waals surface area contributed by atoms with Crippen LogP contribution in [-0.2, 0) is 6.54 Å². The van der Waals surface area contributed by atoms with E-state index in [-0.39, 0.29) is 12.7 Å². The Morgan fingerprint density at radius 1 is 1.04 bits per heavy atom. The number of fused-ring (bicyclic) bond motifs is 2. The molecule has 1 N–H and O–H groups in total. The Morgan fingerprint density at radius 3 is 2.89 bits per heavy atom. The monoisotopic (exact) mass is 373 g/mol. The van der Waals surface area contributed by atoms with Gasteiger partial charge in [0.1, 0.15) is 0 Å².